The Kier molecular flexibility index (Phi) is 5.36. The lowest BCUT2D eigenvalue weighted by Crippen LogP contribution is -2.08. The summed E-state index contributed by atoms with van der Waals surface area (Å²) in [6.07, 6.45) is 3.58. The van der Waals surface area contributed by atoms with E-state index in [9.17, 15) is 0 Å². The Labute approximate surface area is 143 Å². The largest absolute Gasteiger partial charge is 0.493 e. The third-order valence-corrected chi connectivity index (χ3v) is 4.14. The predicted octanol–water partition coefficient (Wildman–Crippen LogP) is 4.81. The second kappa shape index (κ2) is 7.86. The van der Waals surface area contributed by atoms with Crippen molar-refractivity contribution in [1.82, 2.24) is 9.55 Å². The summed E-state index contributed by atoms with van der Waals surface area (Å²) in [5.41, 5.74) is 2.19. The summed E-state index contributed by atoms with van der Waals surface area (Å²) in [5.74, 6) is 2.44. The van der Waals surface area contributed by atoms with E-state index in [-0.39, 0.29) is 0 Å². The van der Waals surface area contributed by atoms with Crippen molar-refractivity contribution in [2.45, 2.75) is 39.3 Å². The third-order valence-electron chi connectivity index (χ3n) is 4.14. The van der Waals surface area contributed by atoms with Gasteiger partial charge in [-0.2, -0.15) is 0 Å². The number of aromatic nitrogens is 2. The van der Waals surface area contributed by atoms with Gasteiger partial charge in [0.2, 0.25) is 0 Å². The smallest absolute Gasteiger partial charge is 0.161 e. The van der Waals surface area contributed by atoms with E-state index in [1.165, 1.54) is 18.4 Å². The molecule has 0 N–H and O–H groups in total. The minimum absolute atomic E-state index is 0.432. The second-order valence-corrected chi connectivity index (χ2v) is 5.82. The predicted molar refractivity (Wildman–Crippen MR) is 96.6 cm³/mol. The Morgan fingerprint density at radius 1 is 0.958 bits per heavy atom. The molecule has 0 atom stereocenters. The number of imidazole rings is 1. The van der Waals surface area contributed by atoms with E-state index in [1.54, 1.807) is 7.11 Å². The minimum Gasteiger partial charge on any atom is -0.493 e. The summed E-state index contributed by atoms with van der Waals surface area (Å²) in [6.45, 7) is 3.62. The molecule has 0 saturated heterocycles. The average molecular weight is 324 g/mol. The number of hydrogen-bond donors (Lipinski definition) is 0. The van der Waals surface area contributed by atoms with E-state index in [2.05, 4.69) is 29.7 Å². The number of ether oxygens (including phenoxy) is 2. The van der Waals surface area contributed by atoms with Crippen LogP contribution in [-0.2, 0) is 13.2 Å². The standard InChI is InChI=1S/C20H24N2O2/c1-3-4-9-14-22-17-11-6-5-10-16(17)21-20(22)15-24-19-13-8-7-12-18(19)23-2/h5-8,10-13H,3-4,9,14-15H2,1-2H3. The van der Waals surface area contributed by atoms with E-state index < -0.39 is 0 Å². The van der Waals surface area contributed by atoms with Gasteiger partial charge < -0.3 is 14.0 Å². The normalized spacial score (nSPS) is 10.9. The Morgan fingerprint density at radius 2 is 1.71 bits per heavy atom. The highest BCUT2D eigenvalue weighted by atomic mass is 16.5. The Balaban J connectivity index is 1.83. The van der Waals surface area contributed by atoms with Gasteiger partial charge in [0.05, 0.1) is 18.1 Å². The zero-order valence-electron chi connectivity index (χ0n) is 14.4. The fourth-order valence-electron chi connectivity index (χ4n) is 2.89. The Bertz CT molecular complexity index is 795. The van der Waals surface area contributed by atoms with Crippen molar-refractivity contribution < 1.29 is 9.47 Å². The van der Waals surface area contributed by atoms with E-state index >= 15 is 0 Å². The molecule has 0 bridgehead atoms. The van der Waals surface area contributed by atoms with E-state index in [4.69, 9.17) is 14.5 Å². The van der Waals surface area contributed by atoms with Crippen LogP contribution in [0, 0.1) is 0 Å². The molecule has 0 aliphatic carbocycles. The summed E-state index contributed by atoms with van der Waals surface area (Å²) >= 11 is 0. The van der Waals surface area contributed by atoms with Crippen LogP contribution in [-0.4, -0.2) is 16.7 Å². The van der Waals surface area contributed by atoms with E-state index in [0.29, 0.717) is 6.61 Å². The van der Waals surface area contributed by atoms with Crippen molar-refractivity contribution in [2.24, 2.45) is 0 Å². The molecule has 1 aromatic heterocycles. The number of fused-ring (bicyclic) bond motifs is 1. The first kappa shape index (κ1) is 16.4. The molecule has 0 aliphatic rings. The van der Waals surface area contributed by atoms with Crippen LogP contribution in [0.4, 0.5) is 0 Å². The second-order valence-electron chi connectivity index (χ2n) is 5.82. The van der Waals surface area contributed by atoms with Gasteiger partial charge in [-0.05, 0) is 30.7 Å². The van der Waals surface area contributed by atoms with Crippen molar-refractivity contribution in [1.29, 1.82) is 0 Å². The van der Waals surface area contributed by atoms with Gasteiger partial charge in [0.25, 0.3) is 0 Å². The van der Waals surface area contributed by atoms with Crippen molar-refractivity contribution in [3.63, 3.8) is 0 Å². The summed E-state index contributed by atoms with van der Waals surface area (Å²) in [6, 6.07) is 16.0. The Morgan fingerprint density at radius 3 is 2.50 bits per heavy atom. The molecule has 4 nitrogen and oxygen atoms in total. The number of benzene rings is 2. The number of rotatable bonds is 8. The molecule has 0 radical (unpaired) electrons. The van der Waals surface area contributed by atoms with Gasteiger partial charge in [-0.3, -0.25) is 0 Å². The van der Waals surface area contributed by atoms with Crippen molar-refractivity contribution in [3.8, 4) is 11.5 Å². The molecule has 0 spiro atoms. The maximum Gasteiger partial charge on any atom is 0.161 e. The maximum atomic E-state index is 5.98. The van der Waals surface area contributed by atoms with E-state index in [0.717, 1.165) is 35.8 Å². The first-order valence-corrected chi connectivity index (χ1v) is 8.53. The number of unbranched alkanes of at least 4 members (excludes halogenated alkanes) is 2. The molecule has 0 fully saturated rings. The van der Waals surface area contributed by atoms with Crippen LogP contribution in [0.5, 0.6) is 11.5 Å². The van der Waals surface area contributed by atoms with Crippen molar-refractivity contribution >= 4 is 11.0 Å². The van der Waals surface area contributed by atoms with Gasteiger partial charge in [0.15, 0.2) is 11.5 Å². The van der Waals surface area contributed by atoms with Gasteiger partial charge in [-0.15, -0.1) is 0 Å². The minimum atomic E-state index is 0.432. The topological polar surface area (TPSA) is 36.3 Å². The summed E-state index contributed by atoms with van der Waals surface area (Å²) in [7, 11) is 1.65. The highest BCUT2D eigenvalue weighted by molar-refractivity contribution is 5.75. The first-order valence-electron chi connectivity index (χ1n) is 8.53. The summed E-state index contributed by atoms with van der Waals surface area (Å²) < 4.78 is 13.6. The average Bonchev–Trinajstić information content (AvgIpc) is 2.98. The highest BCUT2D eigenvalue weighted by Crippen LogP contribution is 2.27. The molecule has 4 heteroatoms. The molecule has 126 valence electrons. The molecule has 3 aromatic rings. The maximum absolute atomic E-state index is 5.98. The quantitative estimate of drug-likeness (QED) is 0.558. The third kappa shape index (κ3) is 3.53. The van der Waals surface area contributed by atoms with Gasteiger partial charge in [0.1, 0.15) is 12.4 Å². The molecule has 0 aliphatic heterocycles. The summed E-state index contributed by atoms with van der Waals surface area (Å²) in [4.78, 5) is 4.76. The monoisotopic (exact) mass is 324 g/mol. The van der Waals surface area contributed by atoms with Gasteiger partial charge in [-0.1, -0.05) is 44.0 Å². The van der Waals surface area contributed by atoms with Crippen molar-refractivity contribution in [2.75, 3.05) is 7.11 Å². The molecule has 3 rings (SSSR count). The SMILES string of the molecule is CCCCCn1c(COc2ccccc2OC)nc2ccccc21. The Hall–Kier alpha value is -2.49. The van der Waals surface area contributed by atoms with Crippen LogP contribution in [0.3, 0.4) is 0 Å². The molecular formula is C20H24N2O2. The molecule has 2 aromatic carbocycles. The first-order chi connectivity index (χ1) is 11.8. The number of methoxy groups -OCH3 is 1. The molecule has 0 saturated carbocycles. The number of hydrogen-bond acceptors (Lipinski definition) is 3. The van der Waals surface area contributed by atoms with Gasteiger partial charge in [-0.25, -0.2) is 4.98 Å². The fourth-order valence-corrected chi connectivity index (χ4v) is 2.89. The van der Waals surface area contributed by atoms with Crippen LogP contribution in [0.15, 0.2) is 48.5 Å². The molecule has 0 amide bonds. The van der Waals surface area contributed by atoms with E-state index in [1.807, 2.05) is 30.3 Å². The lowest BCUT2D eigenvalue weighted by molar-refractivity contribution is 0.271. The van der Waals surface area contributed by atoms with Crippen LogP contribution in [0.1, 0.15) is 32.0 Å². The lowest BCUT2D eigenvalue weighted by atomic mass is 10.2. The van der Waals surface area contributed by atoms with Crippen LogP contribution < -0.4 is 9.47 Å². The highest BCUT2D eigenvalue weighted by Gasteiger charge is 2.12. The van der Waals surface area contributed by atoms with Gasteiger partial charge in [0, 0.05) is 6.54 Å². The number of aryl methyl sites for hydroxylation is 1. The zero-order valence-corrected chi connectivity index (χ0v) is 14.4. The molecule has 1 heterocycles. The zero-order chi connectivity index (χ0) is 16.8. The molecule has 24 heavy (non-hydrogen) atoms. The fraction of sp³-hybridized carbons (Fsp3) is 0.350. The van der Waals surface area contributed by atoms with Crippen LogP contribution in [0.25, 0.3) is 11.0 Å². The lowest BCUT2D eigenvalue weighted by Gasteiger charge is -2.12. The van der Waals surface area contributed by atoms with Crippen LogP contribution >= 0.6 is 0 Å². The number of para-hydroxylation sites is 4. The van der Waals surface area contributed by atoms with Gasteiger partial charge >= 0.3 is 0 Å². The van der Waals surface area contributed by atoms with Crippen molar-refractivity contribution in [3.05, 3.63) is 54.4 Å². The summed E-state index contributed by atoms with van der Waals surface area (Å²) in [5, 5.41) is 0. The molecule has 0 unspecified atom stereocenters. The number of nitrogens with zero attached hydrogens (tertiary/aromatic N) is 2. The van der Waals surface area contributed by atoms with Crippen LogP contribution in [0.2, 0.25) is 0 Å². The molecular weight excluding hydrogens is 300 g/mol.